The molecule has 1 saturated carbocycles. The molecule has 4 nitrogen and oxygen atoms in total. The van der Waals surface area contributed by atoms with Gasteiger partial charge in [0.25, 0.3) is 5.91 Å². The largest absolute Gasteiger partial charge is 0.349 e. The molecule has 1 aromatic rings. The molecule has 1 aromatic carbocycles. The van der Waals surface area contributed by atoms with Gasteiger partial charge in [0.1, 0.15) is 5.82 Å². The van der Waals surface area contributed by atoms with Crippen LogP contribution in [0, 0.1) is 11.7 Å². The summed E-state index contributed by atoms with van der Waals surface area (Å²) in [6.07, 6.45) is 3.52. The highest BCUT2D eigenvalue weighted by Gasteiger charge is 2.34. The van der Waals surface area contributed by atoms with Crippen LogP contribution in [-0.4, -0.2) is 42.3 Å². The molecule has 1 N–H and O–H groups in total. The average molecular weight is 339 g/mol. The van der Waals surface area contributed by atoms with E-state index in [9.17, 15) is 14.0 Å². The van der Waals surface area contributed by atoms with Crippen molar-refractivity contribution in [3.05, 3.63) is 34.6 Å². The highest BCUT2D eigenvalue weighted by atomic mass is 35.5. The van der Waals surface area contributed by atoms with Gasteiger partial charge in [0.15, 0.2) is 0 Å². The molecule has 1 aliphatic carbocycles. The summed E-state index contributed by atoms with van der Waals surface area (Å²) in [5.41, 5.74) is 0.452. The summed E-state index contributed by atoms with van der Waals surface area (Å²) in [5.74, 6) is -1.31. The number of carbonyl (C=O) groups excluding carboxylic acids is 2. The molecule has 1 unspecified atom stereocenters. The van der Waals surface area contributed by atoms with Crippen molar-refractivity contribution >= 4 is 23.3 Å². The molecule has 1 heterocycles. The summed E-state index contributed by atoms with van der Waals surface area (Å²) >= 11 is 5.60. The molecule has 0 bridgehead atoms. The van der Waals surface area contributed by atoms with Gasteiger partial charge in [-0.25, -0.2) is 4.39 Å². The van der Waals surface area contributed by atoms with E-state index < -0.39 is 17.5 Å². The number of carbonyl (C=O) groups is 2. The monoisotopic (exact) mass is 338 g/mol. The zero-order valence-corrected chi connectivity index (χ0v) is 13.6. The molecule has 1 saturated heterocycles. The van der Waals surface area contributed by atoms with Gasteiger partial charge in [-0.15, -0.1) is 0 Å². The minimum absolute atomic E-state index is 0.00657. The van der Waals surface area contributed by atoms with Gasteiger partial charge in [-0.3, -0.25) is 9.59 Å². The Morgan fingerprint density at radius 1 is 1.30 bits per heavy atom. The number of amides is 1. The predicted molar refractivity (Wildman–Crippen MR) is 85.8 cm³/mol. The molecule has 2 fully saturated rings. The van der Waals surface area contributed by atoms with Crippen LogP contribution in [0.3, 0.4) is 0 Å². The van der Waals surface area contributed by atoms with Crippen LogP contribution in [0.4, 0.5) is 4.39 Å². The molecular weight excluding hydrogens is 319 g/mol. The Balaban J connectivity index is 1.44. The summed E-state index contributed by atoms with van der Waals surface area (Å²) < 4.78 is 13.3. The minimum Gasteiger partial charge on any atom is -0.349 e. The van der Waals surface area contributed by atoms with Crippen LogP contribution < -0.4 is 5.32 Å². The lowest BCUT2D eigenvalue weighted by atomic mass is 10.1. The maximum absolute atomic E-state index is 13.3. The quantitative estimate of drug-likeness (QED) is 0.809. The SMILES string of the molecule is O=C(Cc1ccc(Cl)c(F)c1)C(=O)NCC1CCN(C2CC2)C1. The number of nitrogens with zero attached hydrogens (tertiary/aromatic N) is 1. The van der Waals surface area contributed by atoms with E-state index in [1.165, 1.54) is 25.0 Å². The second-order valence-corrected chi connectivity index (χ2v) is 6.85. The fourth-order valence-electron chi connectivity index (χ4n) is 3.05. The van der Waals surface area contributed by atoms with Crippen LogP contribution in [0.1, 0.15) is 24.8 Å². The number of likely N-dealkylation sites (tertiary alicyclic amines) is 1. The smallest absolute Gasteiger partial charge is 0.287 e. The maximum atomic E-state index is 13.3. The Morgan fingerprint density at radius 2 is 2.09 bits per heavy atom. The normalized spacial score (nSPS) is 21.4. The topological polar surface area (TPSA) is 49.4 Å². The van der Waals surface area contributed by atoms with Gasteiger partial charge in [-0.05, 0) is 49.4 Å². The van der Waals surface area contributed by atoms with Gasteiger partial charge in [0.2, 0.25) is 5.78 Å². The lowest BCUT2D eigenvalue weighted by Gasteiger charge is -2.15. The van der Waals surface area contributed by atoms with Crippen molar-refractivity contribution in [2.75, 3.05) is 19.6 Å². The van der Waals surface area contributed by atoms with Crippen molar-refractivity contribution in [2.45, 2.75) is 31.7 Å². The molecule has 3 rings (SSSR count). The second-order valence-electron chi connectivity index (χ2n) is 6.44. The van der Waals surface area contributed by atoms with Crippen molar-refractivity contribution in [1.82, 2.24) is 10.2 Å². The molecule has 23 heavy (non-hydrogen) atoms. The molecule has 2 aliphatic rings. The number of rotatable bonds is 6. The summed E-state index contributed by atoms with van der Waals surface area (Å²) in [6.45, 7) is 2.62. The van der Waals surface area contributed by atoms with E-state index in [0.29, 0.717) is 18.0 Å². The summed E-state index contributed by atoms with van der Waals surface area (Å²) in [4.78, 5) is 26.3. The third-order valence-corrected chi connectivity index (χ3v) is 4.84. The number of halogens is 2. The number of hydrogen-bond donors (Lipinski definition) is 1. The number of nitrogens with one attached hydrogen (secondary N) is 1. The van der Waals surface area contributed by atoms with Gasteiger partial charge in [-0.2, -0.15) is 0 Å². The van der Waals surface area contributed by atoms with Crippen molar-refractivity contribution in [1.29, 1.82) is 0 Å². The fourth-order valence-corrected chi connectivity index (χ4v) is 3.17. The van der Waals surface area contributed by atoms with Crippen LogP contribution in [0.15, 0.2) is 18.2 Å². The average Bonchev–Trinajstić information content (AvgIpc) is 3.27. The van der Waals surface area contributed by atoms with Gasteiger partial charge in [0, 0.05) is 25.6 Å². The van der Waals surface area contributed by atoms with E-state index in [1.54, 1.807) is 6.07 Å². The van der Waals surface area contributed by atoms with Crippen LogP contribution >= 0.6 is 11.6 Å². The van der Waals surface area contributed by atoms with E-state index >= 15 is 0 Å². The maximum Gasteiger partial charge on any atom is 0.287 e. The zero-order valence-electron chi connectivity index (χ0n) is 12.9. The number of ketones is 1. The predicted octanol–water partition coefficient (Wildman–Crippen LogP) is 2.19. The first-order valence-electron chi connectivity index (χ1n) is 8.02. The lowest BCUT2D eigenvalue weighted by molar-refractivity contribution is -0.137. The number of benzene rings is 1. The summed E-state index contributed by atoms with van der Waals surface area (Å²) in [5, 5.41) is 2.72. The van der Waals surface area contributed by atoms with Crippen LogP contribution in [0.2, 0.25) is 5.02 Å². The Hall–Kier alpha value is -1.46. The van der Waals surface area contributed by atoms with Crippen molar-refractivity contribution in [3.8, 4) is 0 Å². The Kier molecular flexibility index (Phi) is 4.97. The van der Waals surface area contributed by atoms with E-state index in [2.05, 4.69) is 10.2 Å². The molecule has 1 atom stereocenters. The Labute approximate surface area is 140 Å². The highest BCUT2D eigenvalue weighted by Crippen LogP contribution is 2.31. The Bertz CT molecular complexity index is 619. The molecule has 1 aliphatic heterocycles. The van der Waals surface area contributed by atoms with Gasteiger partial charge >= 0.3 is 0 Å². The molecule has 0 radical (unpaired) electrons. The molecule has 0 aromatic heterocycles. The van der Waals surface area contributed by atoms with Crippen LogP contribution in [0.25, 0.3) is 0 Å². The molecule has 6 heteroatoms. The molecule has 124 valence electrons. The van der Waals surface area contributed by atoms with Gasteiger partial charge in [-0.1, -0.05) is 17.7 Å². The van der Waals surface area contributed by atoms with Crippen molar-refractivity contribution in [3.63, 3.8) is 0 Å². The highest BCUT2D eigenvalue weighted by molar-refractivity contribution is 6.36. The Morgan fingerprint density at radius 3 is 2.78 bits per heavy atom. The standard InChI is InChI=1S/C17H20ClFN2O2/c18-14-4-1-11(7-15(14)19)8-16(22)17(23)20-9-12-5-6-21(10-12)13-2-3-13/h1,4,7,12-13H,2-3,5-6,8-10H2,(H,20,23). The number of hydrogen-bond acceptors (Lipinski definition) is 3. The first-order valence-corrected chi connectivity index (χ1v) is 8.39. The van der Waals surface area contributed by atoms with E-state index in [-0.39, 0.29) is 11.4 Å². The first-order chi connectivity index (χ1) is 11.0. The number of Topliss-reactive ketones (excluding diaryl/α,β-unsaturated/α-hetero) is 1. The van der Waals surface area contributed by atoms with Crippen LogP contribution in [-0.2, 0) is 16.0 Å². The van der Waals surface area contributed by atoms with Crippen molar-refractivity contribution < 1.29 is 14.0 Å². The lowest BCUT2D eigenvalue weighted by Crippen LogP contribution is -2.36. The molecule has 1 amide bonds. The third kappa shape index (κ3) is 4.30. The fraction of sp³-hybridized carbons (Fsp3) is 0.529. The molecule has 0 spiro atoms. The third-order valence-electron chi connectivity index (χ3n) is 4.53. The van der Waals surface area contributed by atoms with Crippen LogP contribution in [0.5, 0.6) is 0 Å². The van der Waals surface area contributed by atoms with E-state index in [0.717, 1.165) is 25.6 Å². The second kappa shape index (κ2) is 6.97. The van der Waals surface area contributed by atoms with Gasteiger partial charge < -0.3 is 10.2 Å². The van der Waals surface area contributed by atoms with Gasteiger partial charge in [0.05, 0.1) is 5.02 Å². The zero-order chi connectivity index (χ0) is 16.4. The van der Waals surface area contributed by atoms with E-state index in [4.69, 9.17) is 11.6 Å². The van der Waals surface area contributed by atoms with E-state index in [1.807, 2.05) is 0 Å². The molecular formula is C17H20ClFN2O2. The minimum atomic E-state index is -0.592. The summed E-state index contributed by atoms with van der Waals surface area (Å²) in [7, 11) is 0. The summed E-state index contributed by atoms with van der Waals surface area (Å²) in [6, 6.07) is 4.89. The van der Waals surface area contributed by atoms with Crippen molar-refractivity contribution in [2.24, 2.45) is 5.92 Å². The first kappa shape index (κ1) is 16.4.